The first-order valence-electron chi connectivity index (χ1n) is 11.0. The number of piperazine rings is 1. The summed E-state index contributed by atoms with van der Waals surface area (Å²) in [6.07, 6.45) is 2.13. The van der Waals surface area contributed by atoms with Gasteiger partial charge in [0.25, 0.3) is 0 Å². The van der Waals surface area contributed by atoms with Gasteiger partial charge in [0, 0.05) is 26.2 Å². The monoisotopic (exact) mass is 438 g/mol. The molecule has 1 unspecified atom stereocenters. The molecule has 1 fully saturated rings. The van der Waals surface area contributed by atoms with E-state index in [0.29, 0.717) is 45.0 Å². The summed E-state index contributed by atoms with van der Waals surface area (Å²) in [4.78, 5) is 33.2. The van der Waals surface area contributed by atoms with Crippen LogP contribution in [0, 0.1) is 5.92 Å². The van der Waals surface area contributed by atoms with Crippen molar-refractivity contribution in [3.63, 3.8) is 0 Å². The van der Waals surface area contributed by atoms with Gasteiger partial charge in [0.1, 0.15) is 23.8 Å². The Labute approximate surface area is 188 Å². The summed E-state index contributed by atoms with van der Waals surface area (Å²) in [6, 6.07) is 11.6. The van der Waals surface area contributed by atoms with E-state index >= 15 is 0 Å². The molecule has 2 aliphatic heterocycles. The van der Waals surface area contributed by atoms with Crippen molar-refractivity contribution in [3.05, 3.63) is 48.2 Å². The van der Waals surface area contributed by atoms with E-state index in [1.807, 2.05) is 57.2 Å². The number of benzene rings is 1. The maximum atomic E-state index is 12.7. The molecule has 3 heterocycles. The molecule has 8 nitrogen and oxygen atoms in total. The van der Waals surface area contributed by atoms with Crippen LogP contribution >= 0.6 is 0 Å². The lowest BCUT2D eigenvalue weighted by molar-refractivity contribution is -0.121. The van der Waals surface area contributed by atoms with Crippen LogP contribution in [0.2, 0.25) is 0 Å². The van der Waals surface area contributed by atoms with Crippen LogP contribution in [0.5, 0.6) is 5.75 Å². The van der Waals surface area contributed by atoms with Crippen molar-refractivity contribution in [1.82, 2.24) is 9.88 Å². The van der Waals surface area contributed by atoms with E-state index in [2.05, 4.69) is 15.2 Å². The lowest BCUT2D eigenvalue weighted by atomic mass is 9.96. The zero-order chi connectivity index (χ0) is 22.7. The predicted octanol–water partition coefficient (Wildman–Crippen LogP) is 3.33. The number of amides is 2. The highest BCUT2D eigenvalue weighted by atomic mass is 16.6. The van der Waals surface area contributed by atoms with Crippen molar-refractivity contribution >= 4 is 23.5 Å². The van der Waals surface area contributed by atoms with Crippen LogP contribution < -0.4 is 15.0 Å². The van der Waals surface area contributed by atoms with E-state index in [4.69, 9.17) is 9.47 Å². The molecule has 1 atom stereocenters. The number of nitrogens with zero attached hydrogens (tertiary/aromatic N) is 3. The number of hydrogen-bond donors (Lipinski definition) is 1. The van der Waals surface area contributed by atoms with Gasteiger partial charge < -0.3 is 24.6 Å². The van der Waals surface area contributed by atoms with Gasteiger partial charge in [-0.15, -0.1) is 0 Å². The summed E-state index contributed by atoms with van der Waals surface area (Å²) in [5.41, 5.74) is 1.51. The third-order valence-electron chi connectivity index (χ3n) is 5.55. The number of anilines is 2. The van der Waals surface area contributed by atoms with Gasteiger partial charge in [0.15, 0.2) is 0 Å². The van der Waals surface area contributed by atoms with Gasteiger partial charge in [-0.3, -0.25) is 4.79 Å². The van der Waals surface area contributed by atoms with E-state index in [1.165, 1.54) is 0 Å². The van der Waals surface area contributed by atoms with E-state index in [0.717, 1.165) is 17.0 Å². The number of para-hydroxylation sites is 1. The highest BCUT2D eigenvalue weighted by Crippen LogP contribution is 2.27. The summed E-state index contributed by atoms with van der Waals surface area (Å²) < 4.78 is 11.2. The Hall–Kier alpha value is -3.29. The summed E-state index contributed by atoms with van der Waals surface area (Å²) >= 11 is 0. The Morgan fingerprint density at radius 1 is 1.09 bits per heavy atom. The number of ether oxygens (including phenoxy) is 2. The Morgan fingerprint density at radius 2 is 1.84 bits per heavy atom. The molecule has 170 valence electrons. The van der Waals surface area contributed by atoms with Crippen LogP contribution in [0.15, 0.2) is 42.6 Å². The lowest BCUT2D eigenvalue weighted by Crippen LogP contribution is -2.50. The first-order chi connectivity index (χ1) is 15.3. The minimum Gasteiger partial charge on any atom is -0.492 e. The fourth-order valence-corrected chi connectivity index (χ4v) is 3.85. The predicted molar refractivity (Wildman–Crippen MR) is 122 cm³/mol. The molecule has 1 aromatic carbocycles. The molecule has 8 heteroatoms. The molecule has 2 amide bonds. The van der Waals surface area contributed by atoms with Crippen molar-refractivity contribution < 1.29 is 19.1 Å². The number of carbonyl (C=O) groups is 2. The number of hydrogen-bond acceptors (Lipinski definition) is 6. The Balaban J connectivity index is 1.28. The molecular weight excluding hydrogens is 408 g/mol. The van der Waals surface area contributed by atoms with E-state index in [1.54, 1.807) is 11.1 Å². The third-order valence-corrected chi connectivity index (χ3v) is 5.55. The highest BCUT2D eigenvalue weighted by molar-refractivity contribution is 5.92. The molecule has 0 spiro atoms. The van der Waals surface area contributed by atoms with Crippen molar-refractivity contribution in [3.8, 4) is 5.75 Å². The van der Waals surface area contributed by atoms with Gasteiger partial charge in [-0.25, -0.2) is 9.78 Å². The zero-order valence-electron chi connectivity index (χ0n) is 18.8. The second kappa shape index (κ2) is 9.06. The molecule has 0 saturated carbocycles. The second-order valence-corrected chi connectivity index (χ2v) is 9.17. The molecule has 0 bridgehead atoms. The lowest BCUT2D eigenvalue weighted by Gasteiger charge is -2.36. The maximum Gasteiger partial charge on any atom is 0.410 e. The van der Waals surface area contributed by atoms with Crippen LogP contribution in [0.3, 0.4) is 0 Å². The van der Waals surface area contributed by atoms with E-state index in [-0.39, 0.29) is 17.9 Å². The molecule has 0 radical (unpaired) electrons. The molecule has 2 aromatic rings. The number of fused-ring (bicyclic) bond motifs is 1. The Morgan fingerprint density at radius 3 is 2.53 bits per heavy atom. The average molecular weight is 439 g/mol. The normalized spacial score (nSPS) is 18.4. The summed E-state index contributed by atoms with van der Waals surface area (Å²) in [5, 5.41) is 2.90. The fraction of sp³-hybridized carbons (Fsp3) is 0.458. The van der Waals surface area contributed by atoms with Crippen LogP contribution in [-0.2, 0) is 16.0 Å². The maximum absolute atomic E-state index is 12.7. The van der Waals surface area contributed by atoms with Crippen LogP contribution in [0.1, 0.15) is 26.3 Å². The fourth-order valence-electron chi connectivity index (χ4n) is 3.85. The van der Waals surface area contributed by atoms with Gasteiger partial charge in [0.2, 0.25) is 5.91 Å². The molecule has 1 aromatic heterocycles. The van der Waals surface area contributed by atoms with Crippen LogP contribution in [-0.4, -0.2) is 60.3 Å². The SMILES string of the molecule is CC(C)(C)OC(=O)N1CCN(c2ccc(NC(=O)C3COc4ccccc4C3)nc2)CC1. The Kier molecular flexibility index (Phi) is 6.21. The molecule has 0 aliphatic carbocycles. The molecule has 4 rings (SSSR count). The minimum atomic E-state index is -0.495. The summed E-state index contributed by atoms with van der Waals surface area (Å²) in [5.74, 6) is 1.04. The van der Waals surface area contributed by atoms with E-state index in [9.17, 15) is 9.59 Å². The van der Waals surface area contributed by atoms with Gasteiger partial charge in [-0.2, -0.15) is 0 Å². The standard InChI is InChI=1S/C24H30N4O4/c1-24(2,3)32-23(30)28-12-10-27(11-13-28)19-8-9-21(25-15-19)26-22(29)18-14-17-6-4-5-7-20(17)31-16-18/h4-9,15,18H,10-14,16H2,1-3H3,(H,25,26,29). The number of nitrogens with one attached hydrogen (secondary N) is 1. The van der Waals surface area contributed by atoms with E-state index < -0.39 is 5.60 Å². The number of pyridine rings is 1. The summed E-state index contributed by atoms with van der Waals surface area (Å²) in [6.45, 7) is 8.56. The zero-order valence-corrected chi connectivity index (χ0v) is 18.8. The molecular formula is C24H30N4O4. The molecule has 1 N–H and O–H groups in total. The van der Waals surface area contributed by atoms with Gasteiger partial charge in [-0.1, -0.05) is 18.2 Å². The number of carbonyl (C=O) groups excluding carboxylic acids is 2. The minimum absolute atomic E-state index is 0.0919. The number of aromatic nitrogens is 1. The smallest absolute Gasteiger partial charge is 0.410 e. The van der Waals surface area contributed by atoms with Crippen molar-refractivity contribution in [1.29, 1.82) is 0 Å². The van der Waals surface area contributed by atoms with Crippen molar-refractivity contribution in [2.24, 2.45) is 5.92 Å². The first-order valence-corrected chi connectivity index (χ1v) is 11.0. The Bertz CT molecular complexity index is 963. The molecule has 2 aliphatic rings. The first kappa shape index (κ1) is 21.9. The topological polar surface area (TPSA) is 84.0 Å². The van der Waals surface area contributed by atoms with Crippen LogP contribution in [0.25, 0.3) is 0 Å². The third kappa shape index (κ3) is 5.30. The molecule has 1 saturated heterocycles. The van der Waals surface area contributed by atoms with Crippen LogP contribution in [0.4, 0.5) is 16.3 Å². The molecule has 32 heavy (non-hydrogen) atoms. The summed E-state index contributed by atoms with van der Waals surface area (Å²) in [7, 11) is 0. The van der Waals surface area contributed by atoms with Crippen molar-refractivity contribution in [2.45, 2.75) is 32.8 Å². The highest BCUT2D eigenvalue weighted by Gasteiger charge is 2.27. The quantitative estimate of drug-likeness (QED) is 0.791. The van der Waals surface area contributed by atoms with Crippen molar-refractivity contribution in [2.75, 3.05) is 43.0 Å². The van der Waals surface area contributed by atoms with Gasteiger partial charge in [0.05, 0.1) is 17.8 Å². The average Bonchev–Trinajstić information content (AvgIpc) is 2.78. The largest absolute Gasteiger partial charge is 0.492 e. The second-order valence-electron chi connectivity index (χ2n) is 9.17. The van der Waals surface area contributed by atoms with Gasteiger partial charge in [-0.05, 0) is 51.0 Å². The van der Waals surface area contributed by atoms with Gasteiger partial charge >= 0.3 is 6.09 Å². The number of rotatable bonds is 3.